The number of piperidine rings is 1. The molecule has 0 aliphatic carbocycles. The van der Waals surface area contributed by atoms with Gasteiger partial charge in [-0.25, -0.2) is 4.98 Å². The van der Waals surface area contributed by atoms with Gasteiger partial charge < -0.3 is 15.0 Å². The van der Waals surface area contributed by atoms with E-state index in [1.807, 2.05) is 6.07 Å². The van der Waals surface area contributed by atoms with Crippen LogP contribution in [0, 0.1) is 0 Å². The van der Waals surface area contributed by atoms with Gasteiger partial charge in [0.05, 0.1) is 13.3 Å². The Kier molecular flexibility index (Phi) is 5.23. The number of rotatable bonds is 4. The van der Waals surface area contributed by atoms with Crippen molar-refractivity contribution in [2.75, 3.05) is 20.2 Å². The summed E-state index contributed by atoms with van der Waals surface area (Å²) in [6, 6.07) is 7.17. The van der Waals surface area contributed by atoms with Crippen LogP contribution in [0.15, 0.2) is 42.9 Å². The number of benzene rings is 1. The van der Waals surface area contributed by atoms with Crippen molar-refractivity contribution in [3.8, 4) is 5.75 Å². The van der Waals surface area contributed by atoms with Crippen LogP contribution in [0.2, 0.25) is 0 Å². The Balaban J connectivity index is 1.54. The SMILES string of the molecule is COc1cccc(C(=O)N2CCC(NC(=O)c3cnccn3)CC2)c1. The van der Waals surface area contributed by atoms with Crippen LogP contribution in [0.5, 0.6) is 5.75 Å². The van der Waals surface area contributed by atoms with Crippen molar-refractivity contribution in [3.63, 3.8) is 0 Å². The number of likely N-dealkylation sites (tertiary alicyclic amines) is 1. The molecule has 0 spiro atoms. The molecule has 1 N–H and O–H groups in total. The molecule has 0 bridgehead atoms. The third kappa shape index (κ3) is 4.12. The van der Waals surface area contributed by atoms with Gasteiger partial charge in [-0.3, -0.25) is 14.6 Å². The Bertz CT molecular complexity index is 743. The second kappa shape index (κ2) is 7.74. The molecule has 3 rings (SSSR count). The molecule has 7 nitrogen and oxygen atoms in total. The third-order valence-electron chi connectivity index (χ3n) is 4.23. The van der Waals surface area contributed by atoms with Crippen LogP contribution in [-0.2, 0) is 0 Å². The lowest BCUT2D eigenvalue weighted by Gasteiger charge is -2.32. The minimum atomic E-state index is -0.231. The van der Waals surface area contributed by atoms with Gasteiger partial charge >= 0.3 is 0 Å². The Morgan fingerprint density at radius 2 is 2.04 bits per heavy atom. The maximum absolute atomic E-state index is 12.6. The maximum atomic E-state index is 12.6. The predicted octanol–water partition coefficient (Wildman–Crippen LogP) is 1.52. The number of hydrogen-bond acceptors (Lipinski definition) is 5. The van der Waals surface area contributed by atoms with Gasteiger partial charge in [-0.15, -0.1) is 0 Å². The van der Waals surface area contributed by atoms with Crippen LogP contribution in [0.25, 0.3) is 0 Å². The molecule has 25 heavy (non-hydrogen) atoms. The van der Waals surface area contributed by atoms with Gasteiger partial charge in [-0.2, -0.15) is 0 Å². The van der Waals surface area contributed by atoms with Crippen molar-refractivity contribution in [1.82, 2.24) is 20.2 Å². The highest BCUT2D eigenvalue weighted by Crippen LogP contribution is 2.18. The highest BCUT2D eigenvalue weighted by atomic mass is 16.5. The number of methoxy groups -OCH3 is 1. The topological polar surface area (TPSA) is 84.4 Å². The van der Waals surface area contributed by atoms with Gasteiger partial charge in [0, 0.05) is 37.1 Å². The van der Waals surface area contributed by atoms with Crippen molar-refractivity contribution in [1.29, 1.82) is 0 Å². The number of aromatic nitrogens is 2. The second-order valence-electron chi connectivity index (χ2n) is 5.86. The second-order valence-corrected chi connectivity index (χ2v) is 5.86. The van der Waals surface area contributed by atoms with Crippen LogP contribution in [0.4, 0.5) is 0 Å². The number of nitrogens with one attached hydrogen (secondary N) is 1. The summed E-state index contributed by atoms with van der Waals surface area (Å²) in [5.74, 6) is 0.417. The molecule has 1 aliphatic heterocycles. The van der Waals surface area contributed by atoms with Gasteiger partial charge in [0.25, 0.3) is 11.8 Å². The largest absolute Gasteiger partial charge is 0.497 e. The van der Waals surface area contributed by atoms with E-state index in [1.165, 1.54) is 18.6 Å². The average molecular weight is 340 g/mol. The molecule has 1 fully saturated rings. The molecule has 1 aromatic carbocycles. The van der Waals surface area contributed by atoms with Crippen molar-refractivity contribution >= 4 is 11.8 Å². The average Bonchev–Trinajstić information content (AvgIpc) is 2.68. The quantitative estimate of drug-likeness (QED) is 0.912. The summed E-state index contributed by atoms with van der Waals surface area (Å²) in [5, 5.41) is 2.95. The van der Waals surface area contributed by atoms with E-state index < -0.39 is 0 Å². The fourth-order valence-electron chi connectivity index (χ4n) is 2.84. The molecule has 2 amide bonds. The lowest BCUT2D eigenvalue weighted by molar-refractivity contribution is 0.0697. The first-order chi connectivity index (χ1) is 12.2. The normalized spacial score (nSPS) is 14.8. The minimum Gasteiger partial charge on any atom is -0.497 e. The van der Waals surface area contributed by atoms with E-state index in [0.717, 1.165) is 0 Å². The van der Waals surface area contributed by atoms with Gasteiger partial charge in [0.1, 0.15) is 11.4 Å². The summed E-state index contributed by atoms with van der Waals surface area (Å²) < 4.78 is 5.17. The first kappa shape index (κ1) is 16.9. The van der Waals surface area contributed by atoms with Crippen LogP contribution in [0.3, 0.4) is 0 Å². The van der Waals surface area contributed by atoms with Gasteiger partial charge in [-0.1, -0.05) is 6.07 Å². The number of hydrogen-bond donors (Lipinski definition) is 1. The smallest absolute Gasteiger partial charge is 0.271 e. The number of ether oxygens (including phenoxy) is 1. The van der Waals surface area contributed by atoms with E-state index in [9.17, 15) is 9.59 Å². The maximum Gasteiger partial charge on any atom is 0.271 e. The van der Waals surface area contributed by atoms with Gasteiger partial charge in [0.2, 0.25) is 0 Å². The summed E-state index contributed by atoms with van der Waals surface area (Å²) in [5.41, 5.74) is 0.916. The van der Waals surface area contributed by atoms with E-state index in [2.05, 4.69) is 15.3 Å². The van der Waals surface area contributed by atoms with E-state index >= 15 is 0 Å². The first-order valence-corrected chi connectivity index (χ1v) is 8.17. The predicted molar refractivity (Wildman–Crippen MR) is 91.4 cm³/mol. The van der Waals surface area contributed by atoms with Gasteiger partial charge in [0.15, 0.2) is 0 Å². The molecule has 2 heterocycles. The van der Waals surface area contributed by atoms with E-state index in [1.54, 1.807) is 30.2 Å². The molecular formula is C18H20N4O3. The summed E-state index contributed by atoms with van der Waals surface area (Å²) in [7, 11) is 1.58. The molecule has 2 aromatic rings. The Labute approximate surface area is 146 Å². The Hall–Kier alpha value is -2.96. The number of carbonyl (C=O) groups excluding carboxylic acids is 2. The van der Waals surface area contributed by atoms with Crippen LogP contribution in [0.1, 0.15) is 33.7 Å². The third-order valence-corrected chi connectivity index (χ3v) is 4.23. The molecule has 7 heteroatoms. The summed E-state index contributed by atoms with van der Waals surface area (Å²) in [4.78, 5) is 34.4. The molecule has 0 radical (unpaired) electrons. The molecule has 0 unspecified atom stereocenters. The number of amides is 2. The number of carbonyl (C=O) groups is 2. The molecule has 1 aliphatic rings. The number of nitrogens with zero attached hydrogens (tertiary/aromatic N) is 3. The molecule has 0 saturated carbocycles. The Morgan fingerprint density at radius 3 is 2.72 bits per heavy atom. The van der Waals surface area contributed by atoms with E-state index in [-0.39, 0.29) is 17.9 Å². The lowest BCUT2D eigenvalue weighted by Crippen LogP contribution is -2.46. The summed E-state index contributed by atoms with van der Waals surface area (Å²) >= 11 is 0. The minimum absolute atomic E-state index is 0.0161. The van der Waals surface area contributed by atoms with Crippen LogP contribution in [-0.4, -0.2) is 52.9 Å². The fraction of sp³-hybridized carbons (Fsp3) is 0.333. The zero-order valence-electron chi connectivity index (χ0n) is 14.0. The first-order valence-electron chi connectivity index (χ1n) is 8.17. The fourth-order valence-corrected chi connectivity index (χ4v) is 2.84. The molecular weight excluding hydrogens is 320 g/mol. The van der Waals surface area contributed by atoms with Crippen LogP contribution >= 0.6 is 0 Å². The lowest BCUT2D eigenvalue weighted by atomic mass is 10.0. The zero-order valence-corrected chi connectivity index (χ0v) is 14.0. The highest BCUT2D eigenvalue weighted by Gasteiger charge is 2.25. The molecule has 1 saturated heterocycles. The van der Waals surface area contributed by atoms with Crippen LogP contribution < -0.4 is 10.1 Å². The van der Waals surface area contributed by atoms with Crippen molar-refractivity contribution in [3.05, 3.63) is 54.1 Å². The van der Waals surface area contributed by atoms with Crippen molar-refractivity contribution < 1.29 is 14.3 Å². The van der Waals surface area contributed by atoms with E-state index in [4.69, 9.17) is 4.74 Å². The molecule has 1 aromatic heterocycles. The van der Waals surface area contributed by atoms with Crippen molar-refractivity contribution in [2.45, 2.75) is 18.9 Å². The molecule has 130 valence electrons. The van der Waals surface area contributed by atoms with Crippen molar-refractivity contribution in [2.24, 2.45) is 0 Å². The summed E-state index contributed by atoms with van der Waals surface area (Å²) in [6.07, 6.45) is 5.88. The standard InChI is InChI=1S/C18H20N4O3/c1-25-15-4-2-3-13(11-15)18(24)22-9-5-14(6-10-22)21-17(23)16-12-19-7-8-20-16/h2-4,7-8,11-12,14H,5-6,9-10H2,1H3,(H,21,23). The van der Waals surface area contributed by atoms with E-state index in [0.29, 0.717) is 42.9 Å². The van der Waals surface area contributed by atoms with Gasteiger partial charge in [-0.05, 0) is 31.0 Å². The summed E-state index contributed by atoms with van der Waals surface area (Å²) in [6.45, 7) is 1.20. The monoisotopic (exact) mass is 340 g/mol. The zero-order chi connectivity index (χ0) is 17.6. The molecule has 0 atom stereocenters. The Morgan fingerprint density at radius 1 is 1.24 bits per heavy atom. The highest BCUT2D eigenvalue weighted by molar-refractivity contribution is 5.95.